The monoisotopic (exact) mass is 531 g/mol. The number of nitrogens with zero attached hydrogens (tertiary/aromatic N) is 3. The van der Waals surface area contributed by atoms with Crippen molar-refractivity contribution >= 4 is 27.3 Å². The number of halogens is 1. The van der Waals surface area contributed by atoms with Crippen LogP contribution in [-0.4, -0.2) is 48.8 Å². The standard InChI is InChI=1S/C24H26FN5O6S/c1-24(2,3)23-29-28-21(36-23)15-8-18-19(9-16(15)25)37(33,34)12-17(26)22(32)30(18)10-13-4-6-14(7-5-13)35-11-20(27)31/h4-9,17H,10-12,26H2,1-3H3,(H2,27,31)/t17-/m0/s1. The fourth-order valence-electron chi connectivity index (χ4n) is 3.71. The molecule has 4 N–H and O–H groups in total. The molecule has 0 fully saturated rings. The number of primary amides is 1. The van der Waals surface area contributed by atoms with E-state index < -0.39 is 44.7 Å². The topological polar surface area (TPSA) is 172 Å². The summed E-state index contributed by atoms with van der Waals surface area (Å²) in [6.45, 7) is 5.15. The third-order valence-electron chi connectivity index (χ3n) is 5.60. The summed E-state index contributed by atoms with van der Waals surface area (Å²) in [5.74, 6) is -2.38. The lowest BCUT2D eigenvalue weighted by molar-refractivity contribution is -0.120. The zero-order valence-corrected chi connectivity index (χ0v) is 21.2. The van der Waals surface area contributed by atoms with Crippen molar-refractivity contribution in [3.63, 3.8) is 0 Å². The summed E-state index contributed by atoms with van der Waals surface area (Å²) in [7, 11) is -4.11. The molecule has 2 amide bonds. The summed E-state index contributed by atoms with van der Waals surface area (Å²) in [5, 5.41) is 7.89. The van der Waals surface area contributed by atoms with E-state index in [9.17, 15) is 18.0 Å². The molecular formula is C24H26FN5O6S. The van der Waals surface area contributed by atoms with Crippen LogP contribution in [0.4, 0.5) is 10.1 Å². The molecule has 11 nitrogen and oxygen atoms in total. The molecule has 0 aliphatic carbocycles. The Balaban J connectivity index is 1.78. The van der Waals surface area contributed by atoms with E-state index in [2.05, 4.69) is 10.2 Å². The summed E-state index contributed by atoms with van der Waals surface area (Å²) in [4.78, 5) is 25.0. The van der Waals surface area contributed by atoms with Gasteiger partial charge in [0.15, 0.2) is 16.4 Å². The number of carbonyl (C=O) groups is 2. The molecule has 0 bridgehead atoms. The molecule has 1 aliphatic heterocycles. The molecule has 13 heteroatoms. The van der Waals surface area contributed by atoms with Crippen LogP contribution < -0.4 is 21.1 Å². The van der Waals surface area contributed by atoms with Gasteiger partial charge in [0.25, 0.3) is 11.8 Å². The Bertz CT molecular complexity index is 1460. The van der Waals surface area contributed by atoms with Gasteiger partial charge in [-0.3, -0.25) is 9.59 Å². The molecule has 4 rings (SSSR count). The highest BCUT2D eigenvalue weighted by atomic mass is 32.2. The van der Waals surface area contributed by atoms with Crippen LogP contribution in [0.5, 0.6) is 5.75 Å². The average molecular weight is 532 g/mol. The fourth-order valence-corrected chi connectivity index (χ4v) is 5.28. The lowest BCUT2D eigenvalue weighted by Gasteiger charge is -2.24. The van der Waals surface area contributed by atoms with E-state index in [1.807, 2.05) is 20.8 Å². The molecule has 0 unspecified atom stereocenters. The van der Waals surface area contributed by atoms with Crippen molar-refractivity contribution in [2.24, 2.45) is 11.5 Å². The number of rotatable bonds is 6. The number of anilines is 1. The van der Waals surface area contributed by atoms with Gasteiger partial charge in [0.05, 0.1) is 34.5 Å². The Morgan fingerprint density at radius 3 is 2.49 bits per heavy atom. The molecule has 1 atom stereocenters. The number of ether oxygens (including phenoxy) is 1. The molecule has 0 spiro atoms. The highest BCUT2D eigenvalue weighted by molar-refractivity contribution is 7.91. The van der Waals surface area contributed by atoms with Crippen LogP contribution in [0.15, 0.2) is 45.7 Å². The Hall–Kier alpha value is -3.84. The summed E-state index contributed by atoms with van der Waals surface area (Å²) in [6, 6.07) is 7.10. The summed E-state index contributed by atoms with van der Waals surface area (Å²) < 4.78 is 52.1. The van der Waals surface area contributed by atoms with E-state index in [1.165, 1.54) is 11.0 Å². The minimum Gasteiger partial charge on any atom is -0.484 e. The van der Waals surface area contributed by atoms with Gasteiger partial charge in [-0.25, -0.2) is 12.8 Å². The first-order valence-corrected chi connectivity index (χ1v) is 12.9. The normalized spacial score (nSPS) is 17.3. The maximum absolute atomic E-state index is 15.2. The number of amides is 2. The van der Waals surface area contributed by atoms with Gasteiger partial charge in [-0.05, 0) is 29.8 Å². The molecule has 0 saturated heterocycles. The van der Waals surface area contributed by atoms with Crippen LogP contribution in [-0.2, 0) is 31.4 Å². The second kappa shape index (κ2) is 9.56. The fraction of sp³-hybridized carbons (Fsp3) is 0.333. The van der Waals surface area contributed by atoms with E-state index >= 15 is 4.39 Å². The van der Waals surface area contributed by atoms with Gasteiger partial charge < -0.3 is 25.5 Å². The zero-order chi connectivity index (χ0) is 27.1. The molecule has 196 valence electrons. The quantitative estimate of drug-likeness (QED) is 0.480. The maximum atomic E-state index is 15.2. The Kier molecular flexibility index (Phi) is 6.78. The third-order valence-corrected chi connectivity index (χ3v) is 7.39. The smallest absolute Gasteiger partial charge is 0.255 e. The third kappa shape index (κ3) is 5.47. The second-order valence-corrected chi connectivity index (χ2v) is 11.7. The van der Waals surface area contributed by atoms with Crippen LogP contribution in [0.2, 0.25) is 0 Å². The number of carbonyl (C=O) groups excluding carboxylic acids is 2. The Morgan fingerprint density at radius 2 is 1.89 bits per heavy atom. The minimum atomic E-state index is -4.11. The van der Waals surface area contributed by atoms with Gasteiger partial charge >= 0.3 is 0 Å². The predicted octanol–water partition coefficient (Wildman–Crippen LogP) is 1.69. The maximum Gasteiger partial charge on any atom is 0.255 e. The second-order valence-electron chi connectivity index (χ2n) is 9.67. The van der Waals surface area contributed by atoms with E-state index in [-0.39, 0.29) is 41.1 Å². The molecule has 0 saturated carbocycles. The molecule has 3 aromatic rings. The van der Waals surface area contributed by atoms with Crippen molar-refractivity contribution in [3.05, 3.63) is 53.7 Å². The van der Waals surface area contributed by atoms with Crippen LogP contribution in [0.25, 0.3) is 11.5 Å². The van der Waals surface area contributed by atoms with E-state index in [4.69, 9.17) is 20.6 Å². The first-order valence-electron chi connectivity index (χ1n) is 11.2. The van der Waals surface area contributed by atoms with E-state index in [1.54, 1.807) is 24.3 Å². The van der Waals surface area contributed by atoms with Gasteiger partial charge in [-0.2, -0.15) is 0 Å². The van der Waals surface area contributed by atoms with Gasteiger partial charge in [0, 0.05) is 5.41 Å². The van der Waals surface area contributed by atoms with E-state index in [0.717, 1.165) is 6.07 Å². The van der Waals surface area contributed by atoms with Crippen LogP contribution in [0, 0.1) is 5.82 Å². The lowest BCUT2D eigenvalue weighted by Crippen LogP contribution is -2.45. The van der Waals surface area contributed by atoms with E-state index in [0.29, 0.717) is 11.3 Å². The van der Waals surface area contributed by atoms with Crippen molar-refractivity contribution in [2.75, 3.05) is 17.3 Å². The zero-order valence-electron chi connectivity index (χ0n) is 20.4. The molecule has 37 heavy (non-hydrogen) atoms. The first kappa shape index (κ1) is 26.2. The Morgan fingerprint density at radius 1 is 1.22 bits per heavy atom. The number of hydrogen-bond acceptors (Lipinski definition) is 9. The van der Waals surface area contributed by atoms with Crippen LogP contribution in [0.1, 0.15) is 32.2 Å². The predicted molar refractivity (Wildman–Crippen MR) is 131 cm³/mol. The molecule has 2 aromatic carbocycles. The van der Waals surface area contributed by atoms with Crippen molar-refractivity contribution < 1.29 is 31.6 Å². The Labute approximate surface area is 212 Å². The molecule has 1 aliphatic rings. The van der Waals surface area contributed by atoms with Crippen LogP contribution in [0.3, 0.4) is 0 Å². The summed E-state index contributed by atoms with van der Waals surface area (Å²) >= 11 is 0. The summed E-state index contributed by atoms with van der Waals surface area (Å²) in [6.07, 6.45) is 0. The summed E-state index contributed by atoms with van der Waals surface area (Å²) in [5.41, 5.74) is 10.9. The lowest BCUT2D eigenvalue weighted by atomic mass is 9.97. The first-order chi connectivity index (χ1) is 17.3. The molecular weight excluding hydrogens is 505 g/mol. The SMILES string of the molecule is CC(C)(C)c1nnc(-c2cc3c(cc2F)S(=O)(=O)C[C@H](N)C(=O)N3Cc2ccc(OCC(N)=O)cc2)o1. The number of fused-ring (bicyclic) bond motifs is 1. The van der Waals surface area contributed by atoms with Crippen molar-refractivity contribution in [2.45, 2.75) is 43.7 Å². The highest BCUT2D eigenvalue weighted by Crippen LogP contribution is 2.37. The highest BCUT2D eigenvalue weighted by Gasteiger charge is 2.37. The van der Waals surface area contributed by atoms with Gasteiger partial charge in [-0.1, -0.05) is 32.9 Å². The molecule has 1 aromatic heterocycles. The van der Waals surface area contributed by atoms with Crippen molar-refractivity contribution in [1.82, 2.24) is 10.2 Å². The number of nitrogens with two attached hydrogens (primary N) is 2. The minimum absolute atomic E-state index is 0.0566. The number of sulfone groups is 1. The number of hydrogen-bond donors (Lipinski definition) is 2. The number of benzene rings is 2. The van der Waals surface area contributed by atoms with Gasteiger partial charge in [0.2, 0.25) is 11.8 Å². The largest absolute Gasteiger partial charge is 0.484 e. The van der Waals surface area contributed by atoms with Crippen LogP contribution >= 0.6 is 0 Å². The number of aromatic nitrogens is 2. The van der Waals surface area contributed by atoms with Gasteiger partial charge in [0.1, 0.15) is 11.6 Å². The average Bonchev–Trinajstić information content (AvgIpc) is 3.30. The van der Waals surface area contributed by atoms with Crippen molar-refractivity contribution in [3.8, 4) is 17.2 Å². The van der Waals surface area contributed by atoms with Gasteiger partial charge in [-0.15, -0.1) is 10.2 Å². The molecule has 0 radical (unpaired) electrons. The van der Waals surface area contributed by atoms with Crippen molar-refractivity contribution in [1.29, 1.82) is 0 Å². The molecule has 2 heterocycles.